The number of rotatable bonds is 7. The number of urea groups is 1. The zero-order chi connectivity index (χ0) is 31.3. The van der Waals surface area contributed by atoms with E-state index in [1.54, 1.807) is 23.0 Å². The number of carboxylic acids is 1. The molecule has 5 aromatic rings. The molecule has 46 heavy (non-hydrogen) atoms. The Morgan fingerprint density at radius 3 is 2.46 bits per heavy atom. The molecule has 4 unspecified atom stereocenters. The molecule has 3 aliphatic rings. The molecule has 1 aliphatic carbocycles. The number of aromatic carboxylic acids is 1. The Morgan fingerprint density at radius 1 is 0.913 bits per heavy atom. The van der Waals surface area contributed by atoms with Crippen LogP contribution in [0.3, 0.4) is 0 Å². The second-order valence-corrected chi connectivity index (χ2v) is 11.2. The molecular formula is C32H27N7O7. The Kier molecular flexibility index (Phi) is 6.82. The van der Waals surface area contributed by atoms with Gasteiger partial charge in [-0.3, -0.25) is 9.88 Å². The predicted octanol–water partition coefficient (Wildman–Crippen LogP) is 3.82. The van der Waals surface area contributed by atoms with Gasteiger partial charge < -0.3 is 29.4 Å². The number of hydrogen-bond donors (Lipinski definition) is 3. The number of aromatic nitrogens is 5. The van der Waals surface area contributed by atoms with Gasteiger partial charge in [0.25, 0.3) is 0 Å². The van der Waals surface area contributed by atoms with Crippen LogP contribution in [0.5, 0.6) is 5.88 Å². The molecule has 1 spiro atoms. The quantitative estimate of drug-likeness (QED) is 0.241. The molecule has 14 heteroatoms. The minimum absolute atomic E-state index is 0.0224. The number of carbonyl (C=O) groups is 2. The van der Waals surface area contributed by atoms with E-state index < -0.39 is 42.3 Å². The normalized spacial score (nSPS) is 22.4. The van der Waals surface area contributed by atoms with E-state index in [1.165, 1.54) is 24.7 Å². The van der Waals surface area contributed by atoms with Crippen LogP contribution in [-0.2, 0) is 27.1 Å². The van der Waals surface area contributed by atoms with Gasteiger partial charge in [0.1, 0.15) is 36.8 Å². The first-order chi connectivity index (χ1) is 22.5. The van der Waals surface area contributed by atoms with E-state index in [0.717, 1.165) is 11.1 Å². The standard InChI is InChI=1S/C32H27N7O7/c40-30(41)21-11-6-12-33-28(21)43-15-22-24-25(46-32(45-24)13-18-7-4-5-8-19(18)14-32)29(44-22)39-17-36-23-26(34-16-35-27(23)39)38-31(42)37-20-9-2-1-3-10-20/h1-12,16-17,22,24-25,29H,13-15H2,(H,40,41)(H2,34,35,37,38,42). The van der Waals surface area contributed by atoms with Gasteiger partial charge in [0.05, 0.1) is 6.33 Å². The lowest BCUT2D eigenvalue weighted by Gasteiger charge is -2.27. The zero-order valence-electron chi connectivity index (χ0n) is 24.1. The summed E-state index contributed by atoms with van der Waals surface area (Å²) in [4.78, 5) is 41.8. The highest BCUT2D eigenvalue weighted by atomic mass is 16.8. The third-order valence-electron chi connectivity index (χ3n) is 8.31. The third-order valence-corrected chi connectivity index (χ3v) is 8.31. The van der Waals surface area contributed by atoms with Crippen LogP contribution in [-0.4, -0.2) is 72.3 Å². The number of pyridine rings is 1. The van der Waals surface area contributed by atoms with E-state index in [2.05, 4.69) is 42.7 Å². The van der Waals surface area contributed by atoms with E-state index in [-0.39, 0.29) is 23.9 Å². The number of benzene rings is 2. The molecule has 0 radical (unpaired) electrons. The summed E-state index contributed by atoms with van der Waals surface area (Å²) in [5.74, 6) is -1.86. The molecule has 0 saturated carbocycles. The van der Waals surface area contributed by atoms with E-state index in [0.29, 0.717) is 29.7 Å². The number of nitrogens with one attached hydrogen (secondary N) is 2. The van der Waals surface area contributed by atoms with Gasteiger partial charge in [-0.2, -0.15) is 0 Å². The first-order valence-electron chi connectivity index (χ1n) is 14.7. The maximum absolute atomic E-state index is 12.7. The summed E-state index contributed by atoms with van der Waals surface area (Å²) in [5, 5.41) is 15.1. The average molecular weight is 622 g/mol. The predicted molar refractivity (Wildman–Crippen MR) is 161 cm³/mol. The van der Waals surface area contributed by atoms with Crippen molar-refractivity contribution >= 4 is 34.7 Å². The van der Waals surface area contributed by atoms with Crippen LogP contribution in [0.1, 0.15) is 27.7 Å². The summed E-state index contributed by atoms with van der Waals surface area (Å²) in [6.45, 7) is -0.0462. The Bertz CT molecular complexity index is 1930. The highest BCUT2D eigenvalue weighted by molar-refractivity contribution is 6.02. The van der Waals surface area contributed by atoms with Crippen molar-refractivity contribution in [3.63, 3.8) is 0 Å². The van der Waals surface area contributed by atoms with Gasteiger partial charge in [0, 0.05) is 24.7 Å². The van der Waals surface area contributed by atoms with Gasteiger partial charge in [-0.25, -0.2) is 29.5 Å². The molecule has 14 nitrogen and oxygen atoms in total. The molecule has 3 aromatic heterocycles. The second-order valence-electron chi connectivity index (χ2n) is 11.2. The van der Waals surface area contributed by atoms with Crippen LogP contribution in [0.15, 0.2) is 85.6 Å². The van der Waals surface area contributed by atoms with Gasteiger partial charge >= 0.3 is 12.0 Å². The van der Waals surface area contributed by atoms with Crippen molar-refractivity contribution in [1.29, 1.82) is 0 Å². The second kappa shape index (κ2) is 11.2. The topological polar surface area (TPSA) is 172 Å². The minimum Gasteiger partial charge on any atom is -0.477 e. The Morgan fingerprint density at radius 2 is 1.67 bits per heavy atom. The first-order valence-corrected chi connectivity index (χ1v) is 14.7. The third kappa shape index (κ3) is 4.98. The van der Waals surface area contributed by atoms with Crippen molar-refractivity contribution in [2.75, 3.05) is 17.2 Å². The summed E-state index contributed by atoms with van der Waals surface area (Å²) >= 11 is 0. The van der Waals surface area contributed by atoms with E-state index >= 15 is 0 Å². The fraction of sp³-hybridized carbons (Fsp3) is 0.250. The van der Waals surface area contributed by atoms with Crippen molar-refractivity contribution in [1.82, 2.24) is 24.5 Å². The number of carboxylic acid groups (broad SMARTS) is 1. The SMILES string of the molecule is O=C(Nc1ccccc1)Nc1ncnc2c1ncn2C1OC(COc2ncccc2C(=O)O)C2OC3(Cc4ccccc4C3)OC21. The number of ether oxygens (including phenoxy) is 4. The molecule has 2 saturated heterocycles. The number of hydrogen-bond acceptors (Lipinski definition) is 10. The molecular weight excluding hydrogens is 594 g/mol. The number of para-hydroxylation sites is 1. The van der Waals surface area contributed by atoms with Gasteiger partial charge in [-0.1, -0.05) is 42.5 Å². The number of nitrogens with zero attached hydrogens (tertiary/aromatic N) is 5. The Balaban J connectivity index is 1.08. The van der Waals surface area contributed by atoms with E-state index in [9.17, 15) is 14.7 Å². The minimum atomic E-state index is -1.15. The monoisotopic (exact) mass is 621 g/mol. The van der Waals surface area contributed by atoms with Gasteiger partial charge in [0.15, 0.2) is 29.0 Å². The lowest BCUT2D eigenvalue weighted by atomic mass is 10.1. The number of carbonyl (C=O) groups excluding carboxylic acids is 1. The van der Waals surface area contributed by atoms with E-state index in [1.807, 2.05) is 30.3 Å². The summed E-state index contributed by atoms with van der Waals surface area (Å²) in [5.41, 5.74) is 3.63. The molecule has 2 fully saturated rings. The van der Waals surface area contributed by atoms with Crippen LogP contribution in [0.2, 0.25) is 0 Å². The van der Waals surface area contributed by atoms with E-state index in [4.69, 9.17) is 18.9 Å². The maximum Gasteiger partial charge on any atom is 0.341 e. The van der Waals surface area contributed by atoms with Crippen molar-refractivity contribution in [3.05, 3.63) is 102 Å². The molecule has 2 amide bonds. The Labute approximate surface area is 261 Å². The fourth-order valence-corrected chi connectivity index (χ4v) is 6.32. The van der Waals surface area contributed by atoms with Gasteiger partial charge in [-0.15, -0.1) is 0 Å². The molecule has 8 rings (SSSR count). The number of amides is 2. The van der Waals surface area contributed by atoms with Gasteiger partial charge in [-0.05, 0) is 35.4 Å². The lowest BCUT2D eigenvalue weighted by molar-refractivity contribution is -0.213. The fourth-order valence-electron chi connectivity index (χ4n) is 6.32. The van der Waals surface area contributed by atoms with Crippen molar-refractivity contribution in [2.45, 2.75) is 43.2 Å². The summed E-state index contributed by atoms with van der Waals surface area (Å²) < 4.78 is 27.5. The average Bonchev–Trinajstić information content (AvgIpc) is 3.82. The molecule has 0 bridgehead atoms. The van der Waals surface area contributed by atoms with Crippen LogP contribution < -0.4 is 15.4 Å². The summed E-state index contributed by atoms with van der Waals surface area (Å²) in [7, 11) is 0. The number of fused-ring (bicyclic) bond motifs is 3. The van der Waals surface area contributed by atoms with Crippen LogP contribution in [0.25, 0.3) is 11.2 Å². The molecule has 2 aromatic carbocycles. The molecule has 5 heterocycles. The van der Waals surface area contributed by atoms with Crippen molar-refractivity contribution < 1.29 is 33.6 Å². The Hall–Kier alpha value is -5.44. The summed E-state index contributed by atoms with van der Waals surface area (Å²) in [6.07, 6.45) is 2.94. The molecule has 3 N–H and O–H groups in total. The molecule has 232 valence electrons. The molecule has 2 aliphatic heterocycles. The van der Waals surface area contributed by atoms with Crippen LogP contribution in [0, 0.1) is 0 Å². The molecule has 4 atom stereocenters. The highest BCUT2D eigenvalue weighted by Crippen LogP contribution is 2.49. The van der Waals surface area contributed by atoms with Crippen LogP contribution in [0.4, 0.5) is 16.3 Å². The summed E-state index contributed by atoms with van der Waals surface area (Å²) in [6, 6.07) is 19.6. The lowest BCUT2D eigenvalue weighted by Crippen LogP contribution is -2.37. The van der Waals surface area contributed by atoms with Crippen molar-refractivity contribution in [3.8, 4) is 5.88 Å². The zero-order valence-corrected chi connectivity index (χ0v) is 24.1. The maximum atomic E-state index is 12.7. The van der Waals surface area contributed by atoms with Crippen molar-refractivity contribution in [2.24, 2.45) is 0 Å². The largest absolute Gasteiger partial charge is 0.477 e. The highest BCUT2D eigenvalue weighted by Gasteiger charge is 2.60. The van der Waals surface area contributed by atoms with Crippen LogP contribution >= 0.6 is 0 Å². The first kappa shape index (κ1) is 28.1. The smallest absolute Gasteiger partial charge is 0.341 e. The van der Waals surface area contributed by atoms with Gasteiger partial charge in [0.2, 0.25) is 5.88 Å². The number of imidazole rings is 1. The number of anilines is 2.